The Labute approximate surface area is 115 Å². The Bertz CT molecular complexity index is 657. The molecule has 0 aliphatic carbocycles. The summed E-state index contributed by atoms with van der Waals surface area (Å²) in [6, 6.07) is 9.72. The van der Waals surface area contributed by atoms with E-state index in [9.17, 15) is 18.0 Å². The minimum absolute atomic E-state index is 0.0496. The molecule has 0 atom stereocenters. The Morgan fingerprint density at radius 2 is 1.65 bits per heavy atom. The lowest BCUT2D eigenvalue weighted by molar-refractivity contribution is -0.137. The number of ketones is 1. The van der Waals surface area contributed by atoms with Gasteiger partial charge in [-0.2, -0.15) is 13.2 Å². The highest BCUT2D eigenvalue weighted by Gasteiger charge is 2.31. The van der Waals surface area contributed by atoms with Crippen molar-refractivity contribution in [2.45, 2.75) is 20.0 Å². The third kappa shape index (κ3) is 2.74. The molecule has 0 bridgehead atoms. The van der Waals surface area contributed by atoms with Gasteiger partial charge in [-0.15, -0.1) is 0 Å². The van der Waals surface area contributed by atoms with Gasteiger partial charge in [0.15, 0.2) is 5.78 Å². The maximum Gasteiger partial charge on any atom is 0.416 e. The predicted molar refractivity (Wildman–Crippen MR) is 70.8 cm³/mol. The Morgan fingerprint density at radius 1 is 1.00 bits per heavy atom. The van der Waals surface area contributed by atoms with E-state index in [0.29, 0.717) is 5.56 Å². The molecule has 0 saturated carbocycles. The first-order valence-corrected chi connectivity index (χ1v) is 6.09. The van der Waals surface area contributed by atoms with Crippen molar-refractivity contribution in [3.63, 3.8) is 0 Å². The van der Waals surface area contributed by atoms with E-state index in [1.165, 1.54) is 12.1 Å². The van der Waals surface area contributed by atoms with Crippen LogP contribution in [-0.4, -0.2) is 5.78 Å². The second-order valence-corrected chi connectivity index (χ2v) is 4.66. The summed E-state index contributed by atoms with van der Waals surface area (Å²) in [7, 11) is 0. The maximum atomic E-state index is 12.7. The molecule has 0 aliphatic heterocycles. The molecule has 104 valence electrons. The van der Waals surface area contributed by atoms with Gasteiger partial charge in [0.2, 0.25) is 0 Å². The number of aryl methyl sites for hydroxylation is 1. The molecule has 2 aromatic rings. The fourth-order valence-corrected chi connectivity index (χ4v) is 1.99. The van der Waals surface area contributed by atoms with Gasteiger partial charge in [0.25, 0.3) is 0 Å². The van der Waals surface area contributed by atoms with Crippen molar-refractivity contribution in [2.75, 3.05) is 0 Å². The summed E-state index contributed by atoms with van der Waals surface area (Å²) in [6.45, 7) is 3.65. The molecule has 2 rings (SSSR count). The van der Waals surface area contributed by atoms with Crippen molar-refractivity contribution in [3.8, 4) is 0 Å². The van der Waals surface area contributed by atoms with E-state index in [1.54, 1.807) is 19.1 Å². The van der Waals surface area contributed by atoms with Crippen LogP contribution in [0, 0.1) is 13.8 Å². The van der Waals surface area contributed by atoms with Gasteiger partial charge in [0, 0.05) is 11.1 Å². The molecular formula is C16H13F3O. The standard InChI is InChI=1S/C16H13F3O/c1-10-5-3-8-14(11(10)2)15(20)12-6-4-7-13(9-12)16(17,18)19/h3-9H,1-2H3. The second kappa shape index (κ2) is 5.12. The minimum Gasteiger partial charge on any atom is -0.289 e. The molecule has 0 unspecified atom stereocenters. The lowest BCUT2D eigenvalue weighted by Crippen LogP contribution is -2.09. The van der Waals surface area contributed by atoms with Crippen LogP contribution in [0.15, 0.2) is 42.5 Å². The SMILES string of the molecule is Cc1cccc(C(=O)c2cccc(C(F)(F)F)c2)c1C. The number of carbonyl (C=O) groups excluding carboxylic acids is 1. The monoisotopic (exact) mass is 278 g/mol. The molecule has 1 nitrogen and oxygen atoms in total. The molecule has 2 aromatic carbocycles. The molecule has 0 radical (unpaired) electrons. The molecule has 0 spiro atoms. The number of benzene rings is 2. The summed E-state index contributed by atoms with van der Waals surface area (Å²) in [6.07, 6.45) is -4.45. The van der Waals surface area contributed by atoms with Crippen LogP contribution in [0.3, 0.4) is 0 Å². The van der Waals surface area contributed by atoms with Gasteiger partial charge in [-0.25, -0.2) is 0 Å². The topological polar surface area (TPSA) is 17.1 Å². The van der Waals surface area contributed by atoms with Gasteiger partial charge in [0.1, 0.15) is 0 Å². The molecule has 0 aromatic heterocycles. The Morgan fingerprint density at radius 3 is 2.30 bits per heavy atom. The quantitative estimate of drug-likeness (QED) is 0.736. The van der Waals surface area contributed by atoms with E-state index in [1.807, 2.05) is 13.0 Å². The van der Waals surface area contributed by atoms with Gasteiger partial charge < -0.3 is 0 Å². The van der Waals surface area contributed by atoms with Crippen LogP contribution < -0.4 is 0 Å². The maximum absolute atomic E-state index is 12.7. The number of hydrogen-bond acceptors (Lipinski definition) is 1. The normalized spacial score (nSPS) is 11.4. The largest absolute Gasteiger partial charge is 0.416 e. The Balaban J connectivity index is 2.47. The first-order valence-electron chi connectivity index (χ1n) is 6.09. The molecule has 0 fully saturated rings. The van der Waals surface area contributed by atoms with Crippen LogP contribution in [0.2, 0.25) is 0 Å². The number of halogens is 3. The van der Waals surface area contributed by atoms with E-state index in [4.69, 9.17) is 0 Å². The Kier molecular flexibility index (Phi) is 3.66. The molecule has 4 heteroatoms. The highest BCUT2D eigenvalue weighted by atomic mass is 19.4. The zero-order chi connectivity index (χ0) is 14.9. The molecule has 0 aliphatic rings. The van der Waals surface area contributed by atoms with Gasteiger partial charge >= 0.3 is 6.18 Å². The molecule has 0 amide bonds. The fraction of sp³-hybridized carbons (Fsp3) is 0.188. The first-order chi connectivity index (χ1) is 9.30. The summed E-state index contributed by atoms with van der Waals surface area (Å²) in [4.78, 5) is 12.3. The molecule has 0 saturated heterocycles. The van der Waals surface area contributed by atoms with E-state index in [2.05, 4.69) is 0 Å². The van der Waals surface area contributed by atoms with Crippen LogP contribution in [0.25, 0.3) is 0 Å². The molecule has 0 heterocycles. The van der Waals surface area contributed by atoms with Crippen molar-refractivity contribution in [1.82, 2.24) is 0 Å². The zero-order valence-corrected chi connectivity index (χ0v) is 11.1. The highest BCUT2D eigenvalue weighted by Crippen LogP contribution is 2.30. The molecular weight excluding hydrogens is 265 g/mol. The van der Waals surface area contributed by atoms with E-state index in [-0.39, 0.29) is 5.56 Å². The summed E-state index contributed by atoms with van der Waals surface area (Å²) in [5.41, 5.74) is 1.39. The minimum atomic E-state index is -4.45. The van der Waals surface area contributed by atoms with Crippen LogP contribution in [0.1, 0.15) is 32.6 Å². The van der Waals surface area contributed by atoms with Gasteiger partial charge in [-0.3, -0.25) is 4.79 Å². The van der Waals surface area contributed by atoms with Gasteiger partial charge in [-0.05, 0) is 37.1 Å². The second-order valence-electron chi connectivity index (χ2n) is 4.66. The fourth-order valence-electron chi connectivity index (χ4n) is 1.99. The van der Waals surface area contributed by atoms with Crippen molar-refractivity contribution in [2.24, 2.45) is 0 Å². The molecule has 0 N–H and O–H groups in total. The summed E-state index contributed by atoms with van der Waals surface area (Å²) in [5, 5.41) is 0. The zero-order valence-electron chi connectivity index (χ0n) is 11.1. The first kappa shape index (κ1) is 14.3. The van der Waals surface area contributed by atoms with Gasteiger partial charge in [0.05, 0.1) is 5.56 Å². The number of rotatable bonds is 2. The van der Waals surface area contributed by atoms with Crippen molar-refractivity contribution < 1.29 is 18.0 Å². The van der Waals surface area contributed by atoms with Crippen molar-refractivity contribution in [1.29, 1.82) is 0 Å². The van der Waals surface area contributed by atoms with E-state index >= 15 is 0 Å². The highest BCUT2D eigenvalue weighted by molar-refractivity contribution is 6.10. The summed E-state index contributed by atoms with van der Waals surface area (Å²) >= 11 is 0. The van der Waals surface area contributed by atoms with Crippen LogP contribution in [-0.2, 0) is 6.18 Å². The average molecular weight is 278 g/mol. The summed E-state index contributed by atoms with van der Waals surface area (Å²) in [5.74, 6) is -0.391. The lowest BCUT2D eigenvalue weighted by Gasteiger charge is -2.10. The third-order valence-electron chi connectivity index (χ3n) is 3.30. The number of hydrogen-bond donors (Lipinski definition) is 0. The lowest BCUT2D eigenvalue weighted by atomic mass is 9.95. The number of carbonyl (C=O) groups is 1. The molecule has 20 heavy (non-hydrogen) atoms. The third-order valence-corrected chi connectivity index (χ3v) is 3.30. The van der Waals surface area contributed by atoms with E-state index < -0.39 is 17.5 Å². The van der Waals surface area contributed by atoms with Crippen molar-refractivity contribution >= 4 is 5.78 Å². The van der Waals surface area contributed by atoms with Crippen LogP contribution >= 0.6 is 0 Å². The van der Waals surface area contributed by atoms with Crippen LogP contribution in [0.5, 0.6) is 0 Å². The number of alkyl halides is 3. The summed E-state index contributed by atoms with van der Waals surface area (Å²) < 4.78 is 38.0. The predicted octanol–water partition coefficient (Wildman–Crippen LogP) is 4.55. The average Bonchev–Trinajstić information content (AvgIpc) is 2.40. The van der Waals surface area contributed by atoms with Crippen LogP contribution in [0.4, 0.5) is 13.2 Å². The Hall–Kier alpha value is -2.10. The van der Waals surface area contributed by atoms with Crippen molar-refractivity contribution in [3.05, 3.63) is 70.3 Å². The smallest absolute Gasteiger partial charge is 0.289 e. The van der Waals surface area contributed by atoms with E-state index in [0.717, 1.165) is 23.3 Å². The van der Waals surface area contributed by atoms with Gasteiger partial charge in [-0.1, -0.05) is 30.3 Å².